The monoisotopic (exact) mass is 348 g/mol. The number of amides is 1. The van der Waals surface area contributed by atoms with Crippen molar-refractivity contribution in [2.24, 2.45) is 0 Å². The van der Waals surface area contributed by atoms with Gasteiger partial charge in [0.05, 0.1) is 23.8 Å². The second kappa shape index (κ2) is 6.40. The minimum atomic E-state index is -0.298. The second-order valence-corrected chi connectivity index (χ2v) is 5.97. The van der Waals surface area contributed by atoms with E-state index >= 15 is 0 Å². The van der Waals surface area contributed by atoms with Crippen LogP contribution in [0, 0.1) is 6.92 Å². The van der Waals surface area contributed by atoms with Crippen molar-refractivity contribution in [3.8, 4) is 0 Å². The standard InChI is InChI=1S/C18H16N6O2/c1-12-5-4-6-13-17(12)20-11-23(18(13)26)10-16(25)19-9-15-22-21-14-7-2-3-8-24(14)15/h2-8,11H,9-10H2,1H3,(H,19,25). The number of nitrogens with one attached hydrogen (secondary N) is 1. The smallest absolute Gasteiger partial charge is 0.261 e. The Morgan fingerprint density at radius 2 is 2.04 bits per heavy atom. The fourth-order valence-electron chi connectivity index (χ4n) is 2.85. The highest BCUT2D eigenvalue weighted by Gasteiger charge is 2.10. The van der Waals surface area contributed by atoms with Crippen LogP contribution < -0.4 is 10.9 Å². The molecule has 0 unspecified atom stereocenters. The molecule has 0 atom stereocenters. The summed E-state index contributed by atoms with van der Waals surface area (Å²) in [7, 11) is 0. The van der Waals surface area contributed by atoms with Crippen LogP contribution in [0.15, 0.2) is 53.7 Å². The topological polar surface area (TPSA) is 94.2 Å². The first kappa shape index (κ1) is 15.9. The number of hydrogen-bond donors (Lipinski definition) is 1. The van der Waals surface area contributed by atoms with Gasteiger partial charge in [0, 0.05) is 6.20 Å². The lowest BCUT2D eigenvalue weighted by Gasteiger charge is -2.08. The SMILES string of the molecule is Cc1cccc2c(=O)n(CC(=O)NCc3nnc4ccccn34)cnc12. The van der Waals surface area contributed by atoms with E-state index < -0.39 is 0 Å². The number of rotatable bonds is 4. The summed E-state index contributed by atoms with van der Waals surface area (Å²) < 4.78 is 3.10. The number of pyridine rings is 1. The van der Waals surface area contributed by atoms with Gasteiger partial charge >= 0.3 is 0 Å². The number of fused-ring (bicyclic) bond motifs is 2. The molecule has 0 fully saturated rings. The Morgan fingerprint density at radius 1 is 1.15 bits per heavy atom. The van der Waals surface area contributed by atoms with E-state index in [1.807, 2.05) is 43.5 Å². The Kier molecular flexibility index (Phi) is 3.92. The van der Waals surface area contributed by atoms with E-state index in [9.17, 15) is 9.59 Å². The molecule has 4 rings (SSSR count). The van der Waals surface area contributed by atoms with E-state index in [2.05, 4.69) is 20.5 Å². The molecule has 8 nitrogen and oxygen atoms in total. The lowest BCUT2D eigenvalue weighted by molar-refractivity contribution is -0.121. The predicted octanol–water partition coefficient (Wildman–Crippen LogP) is 1.06. The maximum Gasteiger partial charge on any atom is 0.261 e. The van der Waals surface area contributed by atoms with E-state index in [4.69, 9.17) is 0 Å². The summed E-state index contributed by atoms with van der Waals surface area (Å²) in [4.78, 5) is 29.1. The maximum atomic E-state index is 12.5. The Morgan fingerprint density at radius 3 is 2.92 bits per heavy atom. The molecule has 0 bridgehead atoms. The van der Waals surface area contributed by atoms with E-state index in [1.165, 1.54) is 10.9 Å². The van der Waals surface area contributed by atoms with Crippen LogP contribution in [0.1, 0.15) is 11.4 Å². The van der Waals surface area contributed by atoms with Crippen molar-refractivity contribution in [1.82, 2.24) is 29.5 Å². The van der Waals surface area contributed by atoms with Crippen molar-refractivity contribution >= 4 is 22.5 Å². The first-order valence-corrected chi connectivity index (χ1v) is 8.13. The van der Waals surface area contributed by atoms with Gasteiger partial charge in [-0.2, -0.15) is 0 Å². The van der Waals surface area contributed by atoms with Gasteiger partial charge < -0.3 is 5.32 Å². The molecule has 1 aromatic carbocycles. The van der Waals surface area contributed by atoms with Gasteiger partial charge in [-0.25, -0.2) is 4.98 Å². The van der Waals surface area contributed by atoms with Crippen LogP contribution in [0.3, 0.4) is 0 Å². The van der Waals surface area contributed by atoms with Gasteiger partial charge in [-0.3, -0.25) is 18.6 Å². The first-order chi connectivity index (χ1) is 12.6. The molecule has 0 aliphatic rings. The molecule has 0 saturated heterocycles. The molecule has 1 N–H and O–H groups in total. The summed E-state index contributed by atoms with van der Waals surface area (Å²) in [5, 5.41) is 11.4. The van der Waals surface area contributed by atoms with Crippen molar-refractivity contribution in [1.29, 1.82) is 0 Å². The molecular weight excluding hydrogens is 332 g/mol. The van der Waals surface area contributed by atoms with Gasteiger partial charge in [0.1, 0.15) is 6.54 Å². The lowest BCUT2D eigenvalue weighted by Crippen LogP contribution is -2.32. The van der Waals surface area contributed by atoms with Gasteiger partial charge in [0.25, 0.3) is 5.56 Å². The number of aromatic nitrogens is 5. The number of nitrogens with zero attached hydrogens (tertiary/aromatic N) is 5. The van der Waals surface area contributed by atoms with Gasteiger partial charge in [0.2, 0.25) is 5.91 Å². The third-order valence-electron chi connectivity index (χ3n) is 4.20. The molecule has 0 radical (unpaired) electrons. The normalized spacial score (nSPS) is 11.1. The molecule has 130 valence electrons. The fourth-order valence-corrected chi connectivity index (χ4v) is 2.85. The second-order valence-electron chi connectivity index (χ2n) is 5.97. The Labute approximate surface area is 148 Å². The molecule has 4 aromatic rings. The van der Waals surface area contributed by atoms with E-state index in [-0.39, 0.29) is 24.6 Å². The van der Waals surface area contributed by atoms with Crippen molar-refractivity contribution in [2.75, 3.05) is 0 Å². The lowest BCUT2D eigenvalue weighted by atomic mass is 10.1. The van der Waals surface area contributed by atoms with Crippen LogP contribution in [-0.2, 0) is 17.9 Å². The number of aryl methyl sites for hydroxylation is 1. The van der Waals surface area contributed by atoms with Crippen LogP contribution in [0.2, 0.25) is 0 Å². The highest BCUT2D eigenvalue weighted by atomic mass is 16.2. The van der Waals surface area contributed by atoms with Gasteiger partial charge in [-0.1, -0.05) is 18.2 Å². The van der Waals surface area contributed by atoms with Crippen LogP contribution in [-0.4, -0.2) is 30.1 Å². The van der Waals surface area contributed by atoms with Crippen LogP contribution >= 0.6 is 0 Å². The zero-order valence-electron chi connectivity index (χ0n) is 14.1. The third kappa shape index (κ3) is 2.81. The molecule has 26 heavy (non-hydrogen) atoms. The van der Waals surface area contributed by atoms with Crippen molar-refractivity contribution in [3.05, 3.63) is 70.7 Å². The highest BCUT2D eigenvalue weighted by molar-refractivity contribution is 5.81. The molecular formula is C18H16N6O2. The minimum Gasteiger partial charge on any atom is -0.347 e. The molecule has 0 aliphatic carbocycles. The Bertz CT molecular complexity index is 1180. The quantitative estimate of drug-likeness (QED) is 0.595. The van der Waals surface area contributed by atoms with Crippen LogP contribution in [0.25, 0.3) is 16.6 Å². The van der Waals surface area contributed by atoms with Gasteiger partial charge in [0.15, 0.2) is 11.5 Å². The minimum absolute atomic E-state index is 0.105. The summed E-state index contributed by atoms with van der Waals surface area (Å²) in [6.45, 7) is 2.01. The highest BCUT2D eigenvalue weighted by Crippen LogP contribution is 2.11. The molecule has 8 heteroatoms. The molecule has 1 amide bonds. The Hall–Kier alpha value is -3.55. The summed E-state index contributed by atoms with van der Waals surface area (Å²) in [5.74, 6) is 0.321. The zero-order valence-corrected chi connectivity index (χ0v) is 14.1. The average Bonchev–Trinajstić information content (AvgIpc) is 3.06. The molecule has 0 saturated carbocycles. The molecule has 0 aliphatic heterocycles. The molecule has 0 spiro atoms. The summed E-state index contributed by atoms with van der Waals surface area (Å²) in [6.07, 6.45) is 3.24. The largest absolute Gasteiger partial charge is 0.347 e. The van der Waals surface area contributed by atoms with Crippen molar-refractivity contribution < 1.29 is 4.79 Å². The van der Waals surface area contributed by atoms with E-state index in [0.29, 0.717) is 22.4 Å². The number of hydrogen-bond acceptors (Lipinski definition) is 5. The number of para-hydroxylation sites is 1. The number of carbonyl (C=O) groups is 1. The number of carbonyl (C=O) groups excluding carboxylic acids is 1. The zero-order chi connectivity index (χ0) is 18.1. The third-order valence-corrected chi connectivity index (χ3v) is 4.20. The fraction of sp³-hybridized carbons (Fsp3) is 0.167. The van der Waals surface area contributed by atoms with E-state index in [1.54, 1.807) is 10.5 Å². The summed E-state index contributed by atoms with van der Waals surface area (Å²) in [6, 6.07) is 11.0. The van der Waals surface area contributed by atoms with Crippen molar-refractivity contribution in [2.45, 2.75) is 20.0 Å². The van der Waals surface area contributed by atoms with Gasteiger partial charge in [-0.15, -0.1) is 10.2 Å². The molecule has 3 heterocycles. The average molecular weight is 348 g/mol. The molecule has 3 aromatic heterocycles. The predicted molar refractivity (Wildman–Crippen MR) is 95.6 cm³/mol. The summed E-state index contributed by atoms with van der Waals surface area (Å²) in [5.41, 5.74) is 2.06. The maximum absolute atomic E-state index is 12.5. The Balaban J connectivity index is 1.51. The number of benzene rings is 1. The first-order valence-electron chi connectivity index (χ1n) is 8.13. The van der Waals surface area contributed by atoms with Crippen molar-refractivity contribution in [3.63, 3.8) is 0 Å². The van der Waals surface area contributed by atoms with Crippen LogP contribution in [0.4, 0.5) is 0 Å². The van der Waals surface area contributed by atoms with Gasteiger partial charge in [-0.05, 0) is 30.7 Å². The summed E-state index contributed by atoms with van der Waals surface area (Å²) >= 11 is 0. The van der Waals surface area contributed by atoms with E-state index in [0.717, 1.165) is 5.56 Å². The van der Waals surface area contributed by atoms with Crippen LogP contribution in [0.5, 0.6) is 0 Å².